The molecular formula is C17H15NOS. The van der Waals surface area contributed by atoms with Crippen LogP contribution in [0.5, 0.6) is 5.75 Å². The van der Waals surface area contributed by atoms with Gasteiger partial charge in [-0.3, -0.25) is 0 Å². The zero-order chi connectivity index (χ0) is 13.9. The third-order valence-electron chi connectivity index (χ3n) is 3.16. The van der Waals surface area contributed by atoms with E-state index in [1.807, 2.05) is 30.3 Å². The second-order valence-corrected chi connectivity index (χ2v) is 5.64. The van der Waals surface area contributed by atoms with Gasteiger partial charge in [-0.05, 0) is 18.6 Å². The second kappa shape index (κ2) is 5.47. The Bertz CT molecular complexity index is 719. The Morgan fingerprint density at radius 3 is 2.45 bits per heavy atom. The Balaban J connectivity index is 2.10. The molecule has 100 valence electrons. The van der Waals surface area contributed by atoms with Gasteiger partial charge in [-0.1, -0.05) is 49.4 Å². The molecule has 0 amide bonds. The van der Waals surface area contributed by atoms with Crippen LogP contribution in [0, 0.1) is 0 Å². The van der Waals surface area contributed by atoms with Gasteiger partial charge in [-0.2, -0.15) is 0 Å². The van der Waals surface area contributed by atoms with Gasteiger partial charge in [0.2, 0.25) is 0 Å². The highest BCUT2D eigenvalue weighted by atomic mass is 32.1. The number of aromatic hydroxyl groups is 1. The quantitative estimate of drug-likeness (QED) is 0.752. The zero-order valence-electron chi connectivity index (χ0n) is 11.2. The molecule has 1 heterocycles. The molecule has 0 saturated heterocycles. The highest BCUT2D eigenvalue weighted by Crippen LogP contribution is 2.34. The van der Waals surface area contributed by atoms with E-state index < -0.39 is 0 Å². The predicted octanol–water partition coefficient (Wildman–Crippen LogP) is 4.75. The van der Waals surface area contributed by atoms with Crippen molar-refractivity contribution in [1.29, 1.82) is 0 Å². The van der Waals surface area contributed by atoms with E-state index in [0.29, 0.717) is 0 Å². The summed E-state index contributed by atoms with van der Waals surface area (Å²) in [6, 6.07) is 17.5. The van der Waals surface area contributed by atoms with Crippen LogP contribution in [0.2, 0.25) is 0 Å². The number of rotatable bonds is 3. The van der Waals surface area contributed by atoms with Crippen molar-refractivity contribution in [3.8, 4) is 27.6 Å². The first-order valence-corrected chi connectivity index (χ1v) is 7.44. The Kier molecular flexibility index (Phi) is 3.52. The summed E-state index contributed by atoms with van der Waals surface area (Å²) in [5, 5.41) is 10.6. The van der Waals surface area contributed by atoms with Crippen molar-refractivity contribution < 1.29 is 5.11 Å². The molecule has 0 spiro atoms. The van der Waals surface area contributed by atoms with Crippen LogP contribution in [0.15, 0.2) is 54.6 Å². The molecular weight excluding hydrogens is 266 g/mol. The van der Waals surface area contributed by atoms with Crippen LogP contribution in [0.3, 0.4) is 0 Å². The van der Waals surface area contributed by atoms with Crippen molar-refractivity contribution in [3.63, 3.8) is 0 Å². The van der Waals surface area contributed by atoms with Crippen LogP contribution in [0.25, 0.3) is 21.8 Å². The maximum atomic E-state index is 9.60. The fraction of sp³-hybridized carbons (Fsp3) is 0.118. The molecule has 2 nitrogen and oxygen atoms in total. The van der Waals surface area contributed by atoms with Crippen molar-refractivity contribution in [2.75, 3.05) is 0 Å². The summed E-state index contributed by atoms with van der Waals surface area (Å²) in [7, 11) is 0. The largest absolute Gasteiger partial charge is 0.508 e. The normalized spacial score (nSPS) is 10.7. The molecule has 2 aromatic carbocycles. The number of aryl methyl sites for hydroxylation is 1. The van der Waals surface area contributed by atoms with Gasteiger partial charge >= 0.3 is 0 Å². The number of phenolic OH excluding ortho intramolecular Hbond substituents is 1. The molecule has 1 aromatic heterocycles. The number of nitrogens with zero attached hydrogens (tertiary/aromatic N) is 1. The molecule has 0 fully saturated rings. The van der Waals surface area contributed by atoms with Gasteiger partial charge in [-0.25, -0.2) is 4.98 Å². The summed E-state index contributed by atoms with van der Waals surface area (Å²) in [5.41, 5.74) is 3.16. The van der Waals surface area contributed by atoms with Crippen LogP contribution in [-0.2, 0) is 6.42 Å². The van der Waals surface area contributed by atoms with Gasteiger partial charge in [0.05, 0.1) is 5.69 Å². The second-order valence-electron chi connectivity index (χ2n) is 4.56. The van der Waals surface area contributed by atoms with Gasteiger partial charge < -0.3 is 5.11 Å². The third-order valence-corrected chi connectivity index (χ3v) is 4.41. The molecule has 0 radical (unpaired) electrons. The molecule has 0 atom stereocenters. The molecule has 0 aliphatic heterocycles. The topological polar surface area (TPSA) is 33.1 Å². The summed E-state index contributed by atoms with van der Waals surface area (Å²) in [6.07, 6.45) is 0.959. The first kappa shape index (κ1) is 12.9. The first-order valence-electron chi connectivity index (χ1n) is 6.62. The van der Waals surface area contributed by atoms with Crippen molar-refractivity contribution in [2.45, 2.75) is 13.3 Å². The van der Waals surface area contributed by atoms with E-state index in [0.717, 1.165) is 28.2 Å². The minimum atomic E-state index is 0.275. The number of aromatic nitrogens is 1. The number of hydrogen-bond acceptors (Lipinski definition) is 3. The van der Waals surface area contributed by atoms with E-state index in [9.17, 15) is 5.11 Å². The summed E-state index contributed by atoms with van der Waals surface area (Å²) < 4.78 is 0. The molecule has 0 bridgehead atoms. The molecule has 3 aromatic rings. The fourth-order valence-electron chi connectivity index (χ4n) is 2.18. The van der Waals surface area contributed by atoms with Crippen LogP contribution in [0.1, 0.15) is 11.8 Å². The lowest BCUT2D eigenvalue weighted by molar-refractivity contribution is 0.475. The average molecular weight is 281 g/mol. The maximum absolute atomic E-state index is 9.60. The number of hydrogen-bond donors (Lipinski definition) is 1. The zero-order valence-corrected chi connectivity index (χ0v) is 12.0. The fourth-order valence-corrected chi connectivity index (χ4v) is 3.19. The van der Waals surface area contributed by atoms with E-state index in [4.69, 9.17) is 4.98 Å². The van der Waals surface area contributed by atoms with Crippen molar-refractivity contribution in [2.24, 2.45) is 0 Å². The molecule has 0 aliphatic carbocycles. The Morgan fingerprint density at radius 1 is 1.00 bits per heavy atom. The first-order chi connectivity index (χ1) is 9.78. The summed E-state index contributed by atoms with van der Waals surface area (Å²) in [5.74, 6) is 0.275. The SMILES string of the molecule is CCc1sc(-c2cccc(O)c2)nc1-c1ccccc1. The molecule has 3 rings (SSSR count). The monoisotopic (exact) mass is 281 g/mol. The van der Waals surface area contributed by atoms with E-state index in [1.165, 1.54) is 4.88 Å². The van der Waals surface area contributed by atoms with Gasteiger partial charge in [0.25, 0.3) is 0 Å². The van der Waals surface area contributed by atoms with Gasteiger partial charge in [0.15, 0.2) is 0 Å². The standard InChI is InChI=1S/C17H15NOS/c1-2-15-16(12-7-4-3-5-8-12)18-17(20-15)13-9-6-10-14(19)11-13/h3-11,19H,2H2,1H3. The lowest BCUT2D eigenvalue weighted by Crippen LogP contribution is -1.83. The highest BCUT2D eigenvalue weighted by Gasteiger charge is 2.13. The summed E-state index contributed by atoms with van der Waals surface area (Å²) >= 11 is 1.69. The van der Waals surface area contributed by atoms with Crippen LogP contribution < -0.4 is 0 Å². The van der Waals surface area contributed by atoms with Crippen molar-refractivity contribution in [1.82, 2.24) is 4.98 Å². The molecule has 0 saturated carbocycles. The number of benzene rings is 2. The van der Waals surface area contributed by atoms with E-state index in [-0.39, 0.29) is 5.75 Å². The molecule has 1 N–H and O–H groups in total. The average Bonchev–Trinajstić information content (AvgIpc) is 2.92. The van der Waals surface area contributed by atoms with Gasteiger partial charge in [-0.15, -0.1) is 11.3 Å². The van der Waals surface area contributed by atoms with Crippen molar-refractivity contribution in [3.05, 3.63) is 59.5 Å². The third kappa shape index (κ3) is 2.45. The van der Waals surface area contributed by atoms with E-state index >= 15 is 0 Å². The van der Waals surface area contributed by atoms with E-state index in [2.05, 4.69) is 19.1 Å². The molecule has 0 unspecified atom stereocenters. The summed E-state index contributed by atoms with van der Waals surface area (Å²) in [4.78, 5) is 6.04. The van der Waals surface area contributed by atoms with Crippen molar-refractivity contribution >= 4 is 11.3 Å². The minimum Gasteiger partial charge on any atom is -0.508 e. The lowest BCUT2D eigenvalue weighted by atomic mass is 10.1. The molecule has 0 aliphatic rings. The number of phenols is 1. The molecule has 20 heavy (non-hydrogen) atoms. The Hall–Kier alpha value is -2.13. The van der Waals surface area contributed by atoms with Crippen LogP contribution in [-0.4, -0.2) is 10.1 Å². The lowest BCUT2D eigenvalue weighted by Gasteiger charge is -1.99. The van der Waals surface area contributed by atoms with E-state index in [1.54, 1.807) is 23.5 Å². The molecule has 3 heteroatoms. The minimum absolute atomic E-state index is 0.275. The number of thiazole rings is 1. The Labute approximate surface area is 122 Å². The van der Waals surface area contributed by atoms with Gasteiger partial charge in [0.1, 0.15) is 10.8 Å². The summed E-state index contributed by atoms with van der Waals surface area (Å²) in [6.45, 7) is 2.15. The Morgan fingerprint density at radius 2 is 1.75 bits per heavy atom. The highest BCUT2D eigenvalue weighted by molar-refractivity contribution is 7.15. The maximum Gasteiger partial charge on any atom is 0.124 e. The predicted molar refractivity (Wildman–Crippen MR) is 84.0 cm³/mol. The van der Waals surface area contributed by atoms with Crippen LogP contribution in [0.4, 0.5) is 0 Å². The van der Waals surface area contributed by atoms with Crippen LogP contribution >= 0.6 is 11.3 Å². The smallest absolute Gasteiger partial charge is 0.124 e. The van der Waals surface area contributed by atoms with Gasteiger partial charge in [0, 0.05) is 16.0 Å².